The topological polar surface area (TPSA) is 54.5 Å². The van der Waals surface area contributed by atoms with Crippen LogP contribution in [0.2, 0.25) is 0 Å². The van der Waals surface area contributed by atoms with Crippen molar-refractivity contribution in [2.75, 3.05) is 23.9 Å². The standard InChI is InChI=1S/C10H16ClNO3S/c11-4-5-12(9-1-2-9)10(13)8-3-6-16(14,15)7-8/h8-9H,1-7H2. The third kappa shape index (κ3) is 2.69. The molecular weight excluding hydrogens is 250 g/mol. The molecule has 1 aliphatic heterocycles. The first-order chi connectivity index (χ1) is 7.53. The molecule has 1 saturated heterocycles. The zero-order valence-corrected chi connectivity index (χ0v) is 10.6. The Morgan fingerprint density at radius 3 is 2.44 bits per heavy atom. The van der Waals surface area contributed by atoms with Crippen LogP contribution in [0.25, 0.3) is 0 Å². The highest BCUT2D eigenvalue weighted by Crippen LogP contribution is 2.30. The van der Waals surface area contributed by atoms with Gasteiger partial charge >= 0.3 is 0 Å². The van der Waals surface area contributed by atoms with E-state index in [9.17, 15) is 13.2 Å². The molecule has 2 fully saturated rings. The summed E-state index contributed by atoms with van der Waals surface area (Å²) in [6, 6.07) is 0.314. The van der Waals surface area contributed by atoms with Gasteiger partial charge in [0.05, 0.1) is 17.4 Å². The number of carbonyl (C=O) groups is 1. The van der Waals surface area contributed by atoms with Crippen LogP contribution in [0.5, 0.6) is 0 Å². The minimum Gasteiger partial charge on any atom is -0.338 e. The van der Waals surface area contributed by atoms with Crippen molar-refractivity contribution in [2.24, 2.45) is 5.92 Å². The van der Waals surface area contributed by atoms with E-state index in [-0.39, 0.29) is 23.3 Å². The number of alkyl halides is 1. The van der Waals surface area contributed by atoms with E-state index < -0.39 is 9.84 Å². The molecule has 0 aromatic rings. The Hall–Kier alpha value is -0.290. The summed E-state index contributed by atoms with van der Waals surface area (Å²) in [5, 5.41) is 0. The van der Waals surface area contributed by atoms with Gasteiger partial charge in [-0.1, -0.05) is 0 Å². The molecule has 0 radical (unpaired) electrons. The highest BCUT2D eigenvalue weighted by Gasteiger charge is 2.39. The van der Waals surface area contributed by atoms with Crippen molar-refractivity contribution >= 4 is 27.3 Å². The second-order valence-electron chi connectivity index (χ2n) is 4.55. The first-order valence-electron chi connectivity index (χ1n) is 5.60. The van der Waals surface area contributed by atoms with Crippen LogP contribution in [0.1, 0.15) is 19.3 Å². The molecule has 0 aromatic heterocycles. The molecule has 1 atom stereocenters. The summed E-state index contributed by atoms with van der Waals surface area (Å²) in [6.45, 7) is 0.543. The molecule has 1 aliphatic carbocycles. The lowest BCUT2D eigenvalue weighted by Gasteiger charge is -2.24. The SMILES string of the molecule is O=C(C1CCS(=O)(=O)C1)N(CCCl)C1CC1. The summed E-state index contributed by atoms with van der Waals surface area (Å²) in [5.74, 6) is 0.264. The Bertz CT molecular complexity index is 378. The van der Waals surface area contributed by atoms with Crippen LogP contribution in [0.4, 0.5) is 0 Å². The van der Waals surface area contributed by atoms with Crippen molar-refractivity contribution < 1.29 is 13.2 Å². The monoisotopic (exact) mass is 265 g/mol. The predicted octanol–water partition coefficient (Wildman–Crippen LogP) is 0.651. The second kappa shape index (κ2) is 4.53. The Morgan fingerprint density at radius 2 is 2.00 bits per heavy atom. The largest absolute Gasteiger partial charge is 0.338 e. The van der Waals surface area contributed by atoms with Crippen molar-refractivity contribution in [3.05, 3.63) is 0 Å². The molecule has 0 bridgehead atoms. The summed E-state index contributed by atoms with van der Waals surface area (Å²) in [6.07, 6.45) is 2.54. The Labute approximate surface area is 101 Å². The average Bonchev–Trinajstić information content (AvgIpc) is 2.98. The molecule has 0 spiro atoms. The smallest absolute Gasteiger partial charge is 0.227 e. The number of hydrogen-bond acceptors (Lipinski definition) is 3. The number of nitrogens with zero attached hydrogens (tertiary/aromatic N) is 1. The summed E-state index contributed by atoms with van der Waals surface area (Å²) in [5.41, 5.74) is 0. The lowest BCUT2D eigenvalue weighted by molar-refractivity contribution is -0.135. The minimum absolute atomic E-state index is 0.00998. The highest BCUT2D eigenvalue weighted by atomic mass is 35.5. The van der Waals surface area contributed by atoms with Gasteiger partial charge < -0.3 is 4.90 Å². The number of carbonyl (C=O) groups excluding carboxylic acids is 1. The van der Waals surface area contributed by atoms with Gasteiger partial charge in [0, 0.05) is 18.5 Å². The molecule has 92 valence electrons. The molecule has 1 amide bonds. The third-order valence-corrected chi connectivity index (χ3v) is 5.11. The van der Waals surface area contributed by atoms with Gasteiger partial charge in [-0.25, -0.2) is 8.42 Å². The van der Waals surface area contributed by atoms with Crippen LogP contribution in [0, 0.1) is 5.92 Å². The molecule has 0 aromatic carbocycles. The van der Waals surface area contributed by atoms with Crippen molar-refractivity contribution in [3.8, 4) is 0 Å². The van der Waals surface area contributed by atoms with E-state index >= 15 is 0 Å². The van der Waals surface area contributed by atoms with Gasteiger partial charge in [-0.3, -0.25) is 4.79 Å². The zero-order chi connectivity index (χ0) is 11.8. The Kier molecular flexibility index (Phi) is 3.45. The van der Waals surface area contributed by atoms with Crippen LogP contribution in [-0.4, -0.2) is 49.2 Å². The molecule has 1 unspecified atom stereocenters. The highest BCUT2D eigenvalue weighted by molar-refractivity contribution is 7.91. The summed E-state index contributed by atoms with van der Waals surface area (Å²) >= 11 is 5.66. The van der Waals surface area contributed by atoms with Gasteiger partial charge in [0.1, 0.15) is 0 Å². The van der Waals surface area contributed by atoms with E-state index in [0.29, 0.717) is 24.9 Å². The van der Waals surface area contributed by atoms with Crippen LogP contribution in [0.3, 0.4) is 0 Å². The third-order valence-electron chi connectivity index (χ3n) is 3.18. The molecule has 0 N–H and O–H groups in total. The Morgan fingerprint density at radius 1 is 1.31 bits per heavy atom. The van der Waals surface area contributed by atoms with Crippen LogP contribution in [0.15, 0.2) is 0 Å². The normalized spacial score (nSPS) is 27.9. The fourth-order valence-electron chi connectivity index (χ4n) is 2.17. The van der Waals surface area contributed by atoms with Crippen LogP contribution < -0.4 is 0 Å². The molecule has 1 saturated carbocycles. The lowest BCUT2D eigenvalue weighted by Crippen LogP contribution is -2.39. The van der Waals surface area contributed by atoms with E-state index in [4.69, 9.17) is 11.6 Å². The minimum atomic E-state index is -2.97. The summed E-state index contributed by atoms with van der Waals surface area (Å²) in [4.78, 5) is 13.9. The summed E-state index contributed by atoms with van der Waals surface area (Å²) < 4.78 is 22.6. The summed E-state index contributed by atoms with van der Waals surface area (Å²) in [7, 11) is -2.97. The molecule has 2 rings (SSSR count). The van der Waals surface area contributed by atoms with E-state index in [2.05, 4.69) is 0 Å². The van der Waals surface area contributed by atoms with Crippen molar-refractivity contribution in [2.45, 2.75) is 25.3 Å². The van der Waals surface area contributed by atoms with E-state index in [0.717, 1.165) is 12.8 Å². The molecule has 1 heterocycles. The first kappa shape index (κ1) is 12.2. The zero-order valence-electron chi connectivity index (χ0n) is 9.06. The van der Waals surface area contributed by atoms with Gasteiger partial charge in [-0.2, -0.15) is 0 Å². The molecule has 4 nitrogen and oxygen atoms in total. The number of rotatable bonds is 4. The first-order valence-corrected chi connectivity index (χ1v) is 7.96. The van der Waals surface area contributed by atoms with Crippen molar-refractivity contribution in [1.82, 2.24) is 4.90 Å². The van der Waals surface area contributed by atoms with Gasteiger partial charge in [0.15, 0.2) is 9.84 Å². The van der Waals surface area contributed by atoms with Crippen molar-refractivity contribution in [3.63, 3.8) is 0 Å². The maximum Gasteiger partial charge on any atom is 0.227 e. The molecular formula is C10H16ClNO3S. The average molecular weight is 266 g/mol. The Balaban J connectivity index is 2.00. The fraction of sp³-hybridized carbons (Fsp3) is 0.900. The number of hydrogen-bond donors (Lipinski definition) is 0. The number of sulfone groups is 1. The maximum atomic E-state index is 12.1. The van der Waals surface area contributed by atoms with Crippen LogP contribution >= 0.6 is 11.6 Å². The van der Waals surface area contributed by atoms with Gasteiger partial charge in [-0.05, 0) is 19.3 Å². The van der Waals surface area contributed by atoms with Gasteiger partial charge in [0.25, 0.3) is 0 Å². The van der Waals surface area contributed by atoms with E-state index in [1.807, 2.05) is 0 Å². The predicted molar refractivity (Wildman–Crippen MR) is 62.2 cm³/mol. The molecule has 2 aliphatic rings. The van der Waals surface area contributed by atoms with Gasteiger partial charge in [0.2, 0.25) is 5.91 Å². The quantitative estimate of drug-likeness (QED) is 0.702. The lowest BCUT2D eigenvalue weighted by atomic mass is 10.1. The molecule has 6 heteroatoms. The van der Waals surface area contributed by atoms with Gasteiger partial charge in [-0.15, -0.1) is 11.6 Å². The number of halogens is 1. The van der Waals surface area contributed by atoms with E-state index in [1.165, 1.54) is 0 Å². The van der Waals surface area contributed by atoms with Crippen LogP contribution in [-0.2, 0) is 14.6 Å². The van der Waals surface area contributed by atoms with E-state index in [1.54, 1.807) is 4.90 Å². The fourth-order valence-corrected chi connectivity index (χ4v) is 4.09. The molecule has 16 heavy (non-hydrogen) atoms. The van der Waals surface area contributed by atoms with Crippen molar-refractivity contribution in [1.29, 1.82) is 0 Å². The maximum absolute atomic E-state index is 12.1. The second-order valence-corrected chi connectivity index (χ2v) is 7.16. The number of amides is 1.